The zero-order chi connectivity index (χ0) is 21.8. The molecular weight excluding hydrogens is 426 g/mol. The van der Waals surface area contributed by atoms with E-state index < -0.39 is 0 Å². The monoisotopic (exact) mass is 453 g/mol. The van der Waals surface area contributed by atoms with Gasteiger partial charge >= 0.3 is 0 Å². The van der Waals surface area contributed by atoms with Gasteiger partial charge in [0.25, 0.3) is 5.91 Å². The zero-order valence-electron chi connectivity index (χ0n) is 18.2. The molecule has 0 spiro atoms. The van der Waals surface area contributed by atoms with Gasteiger partial charge in [-0.3, -0.25) is 4.79 Å². The number of phenols is 1. The van der Waals surface area contributed by atoms with Crippen LogP contribution in [0, 0.1) is 0 Å². The summed E-state index contributed by atoms with van der Waals surface area (Å²) in [6.45, 7) is 1.87. The van der Waals surface area contributed by atoms with Crippen LogP contribution in [-0.2, 0) is 0 Å². The Morgan fingerprint density at radius 2 is 1.88 bits per heavy atom. The van der Waals surface area contributed by atoms with E-state index in [1.807, 2.05) is 36.4 Å². The van der Waals surface area contributed by atoms with E-state index in [0.29, 0.717) is 28.5 Å². The second-order valence-electron chi connectivity index (χ2n) is 7.93. The fourth-order valence-corrected chi connectivity index (χ4v) is 3.80. The summed E-state index contributed by atoms with van der Waals surface area (Å²) in [6.07, 6.45) is 2.13. The number of anilines is 2. The van der Waals surface area contributed by atoms with Gasteiger partial charge in [0, 0.05) is 32.1 Å². The van der Waals surface area contributed by atoms with Crippen molar-refractivity contribution in [2.45, 2.75) is 18.8 Å². The Labute approximate surface area is 194 Å². The molecule has 0 aliphatic carbocycles. The Balaban J connectivity index is 0.00000289. The number of hydrogen-bond acceptors (Lipinski definition) is 6. The summed E-state index contributed by atoms with van der Waals surface area (Å²) in [5.74, 6) is 0.737. The first kappa shape index (κ1) is 23.5. The minimum atomic E-state index is -0.100. The van der Waals surface area contributed by atoms with Crippen molar-refractivity contribution in [3.8, 4) is 17.0 Å². The van der Waals surface area contributed by atoms with E-state index in [1.165, 1.54) is 0 Å². The standard InChI is InChI=1S/C24H27N5O2.ClH/c1-29(2)23(31)18-10-3-5-11-19(18)26-24-27-20(16-8-7-13-25-15-16)14-21(28-24)17-9-4-6-12-22(17)30;/h3-6,9-12,14,16,25,30H,7-8,13,15H2,1-2H3,(H,26,27,28);1H. The first-order valence-electron chi connectivity index (χ1n) is 10.5. The predicted molar refractivity (Wildman–Crippen MR) is 129 cm³/mol. The molecule has 168 valence electrons. The molecule has 1 atom stereocenters. The topological polar surface area (TPSA) is 90.4 Å². The summed E-state index contributed by atoms with van der Waals surface area (Å²) < 4.78 is 0. The van der Waals surface area contributed by atoms with Gasteiger partial charge in [-0.05, 0) is 49.7 Å². The van der Waals surface area contributed by atoms with Crippen LogP contribution in [0.1, 0.15) is 34.8 Å². The van der Waals surface area contributed by atoms with Gasteiger partial charge in [-0.1, -0.05) is 24.3 Å². The van der Waals surface area contributed by atoms with E-state index >= 15 is 0 Å². The second kappa shape index (κ2) is 10.4. The number of nitrogens with zero attached hydrogens (tertiary/aromatic N) is 3. The van der Waals surface area contributed by atoms with Crippen LogP contribution in [0.25, 0.3) is 11.3 Å². The van der Waals surface area contributed by atoms with Crippen molar-refractivity contribution in [3.63, 3.8) is 0 Å². The summed E-state index contributed by atoms with van der Waals surface area (Å²) in [7, 11) is 3.45. The number of benzene rings is 2. The Bertz CT molecular complexity index is 1080. The largest absolute Gasteiger partial charge is 0.507 e. The fourth-order valence-electron chi connectivity index (χ4n) is 3.80. The van der Waals surface area contributed by atoms with Gasteiger partial charge in [-0.2, -0.15) is 0 Å². The van der Waals surface area contributed by atoms with Crippen LogP contribution in [0.15, 0.2) is 54.6 Å². The molecule has 2 heterocycles. The number of hydrogen-bond donors (Lipinski definition) is 3. The molecule has 1 saturated heterocycles. The second-order valence-corrected chi connectivity index (χ2v) is 7.93. The molecule has 32 heavy (non-hydrogen) atoms. The van der Waals surface area contributed by atoms with Crippen molar-refractivity contribution in [1.82, 2.24) is 20.2 Å². The summed E-state index contributed by atoms with van der Waals surface area (Å²) in [5, 5.41) is 17.1. The number of amides is 1. The van der Waals surface area contributed by atoms with Crippen LogP contribution in [0.4, 0.5) is 11.6 Å². The van der Waals surface area contributed by atoms with Crippen molar-refractivity contribution in [2.75, 3.05) is 32.5 Å². The number of aromatic hydroxyl groups is 1. The van der Waals surface area contributed by atoms with E-state index in [0.717, 1.165) is 31.6 Å². The number of phenolic OH excluding ortho intramolecular Hbond substituents is 1. The molecule has 8 heteroatoms. The Morgan fingerprint density at radius 3 is 2.59 bits per heavy atom. The van der Waals surface area contributed by atoms with Crippen molar-refractivity contribution in [2.24, 2.45) is 0 Å². The molecule has 1 fully saturated rings. The lowest BCUT2D eigenvalue weighted by molar-refractivity contribution is 0.0828. The molecule has 4 rings (SSSR count). The van der Waals surface area contributed by atoms with Crippen molar-refractivity contribution < 1.29 is 9.90 Å². The molecule has 3 N–H and O–H groups in total. The van der Waals surface area contributed by atoms with Crippen molar-refractivity contribution in [1.29, 1.82) is 0 Å². The van der Waals surface area contributed by atoms with Crippen LogP contribution < -0.4 is 10.6 Å². The SMILES string of the molecule is CN(C)C(=O)c1ccccc1Nc1nc(-c2ccccc2O)cc(C2CCCNC2)n1.Cl. The molecule has 3 aromatic rings. The van der Waals surface area contributed by atoms with Gasteiger partial charge in [0.05, 0.1) is 22.6 Å². The van der Waals surface area contributed by atoms with E-state index in [9.17, 15) is 9.90 Å². The number of halogens is 1. The smallest absolute Gasteiger partial charge is 0.255 e. The fraction of sp³-hybridized carbons (Fsp3) is 0.292. The lowest BCUT2D eigenvalue weighted by atomic mass is 9.95. The highest BCUT2D eigenvalue weighted by molar-refractivity contribution is 5.99. The molecule has 1 unspecified atom stereocenters. The van der Waals surface area contributed by atoms with Crippen LogP contribution in [0.3, 0.4) is 0 Å². The normalized spacial score (nSPS) is 15.5. The van der Waals surface area contributed by atoms with Gasteiger partial charge in [0.2, 0.25) is 5.95 Å². The third kappa shape index (κ3) is 5.18. The maximum atomic E-state index is 12.6. The summed E-state index contributed by atoms with van der Waals surface area (Å²) in [6, 6.07) is 16.4. The number of aromatic nitrogens is 2. The van der Waals surface area contributed by atoms with E-state index in [-0.39, 0.29) is 30.0 Å². The molecule has 0 bridgehead atoms. The predicted octanol–water partition coefficient (Wildman–Crippen LogP) is 4.18. The van der Waals surface area contributed by atoms with Crippen LogP contribution in [0.2, 0.25) is 0 Å². The first-order valence-corrected chi connectivity index (χ1v) is 10.5. The molecule has 1 amide bonds. The van der Waals surface area contributed by atoms with Crippen LogP contribution in [-0.4, -0.2) is 53.1 Å². The van der Waals surface area contributed by atoms with Crippen molar-refractivity contribution >= 4 is 29.9 Å². The number of piperidine rings is 1. The number of rotatable bonds is 5. The van der Waals surface area contributed by atoms with Crippen molar-refractivity contribution in [3.05, 3.63) is 65.9 Å². The number of carbonyl (C=O) groups is 1. The molecular formula is C24H28ClN5O2. The Kier molecular flexibility index (Phi) is 7.66. The summed E-state index contributed by atoms with van der Waals surface area (Å²) in [5.41, 5.74) is 3.40. The molecule has 0 radical (unpaired) electrons. The third-order valence-corrected chi connectivity index (χ3v) is 5.45. The van der Waals surface area contributed by atoms with Crippen LogP contribution >= 0.6 is 12.4 Å². The van der Waals surface area contributed by atoms with Gasteiger partial charge in [0.15, 0.2) is 0 Å². The number of para-hydroxylation sites is 2. The zero-order valence-corrected chi connectivity index (χ0v) is 19.0. The van der Waals surface area contributed by atoms with Gasteiger partial charge < -0.3 is 20.6 Å². The molecule has 1 aliphatic rings. The average Bonchev–Trinajstić information content (AvgIpc) is 2.79. The first-order chi connectivity index (χ1) is 15.0. The molecule has 2 aromatic carbocycles. The summed E-state index contributed by atoms with van der Waals surface area (Å²) in [4.78, 5) is 23.6. The minimum Gasteiger partial charge on any atom is -0.507 e. The quantitative estimate of drug-likeness (QED) is 0.536. The Morgan fingerprint density at radius 1 is 1.12 bits per heavy atom. The number of nitrogens with one attached hydrogen (secondary N) is 2. The van der Waals surface area contributed by atoms with Crippen LogP contribution in [0.5, 0.6) is 5.75 Å². The minimum absolute atomic E-state index is 0. The average molecular weight is 454 g/mol. The lowest BCUT2D eigenvalue weighted by Gasteiger charge is -2.23. The third-order valence-electron chi connectivity index (χ3n) is 5.45. The molecule has 7 nitrogen and oxygen atoms in total. The highest BCUT2D eigenvalue weighted by atomic mass is 35.5. The maximum Gasteiger partial charge on any atom is 0.255 e. The lowest BCUT2D eigenvalue weighted by Crippen LogP contribution is -2.29. The van der Waals surface area contributed by atoms with E-state index in [1.54, 1.807) is 37.2 Å². The van der Waals surface area contributed by atoms with E-state index in [2.05, 4.69) is 15.6 Å². The molecule has 0 saturated carbocycles. The molecule has 1 aromatic heterocycles. The number of carbonyl (C=O) groups excluding carboxylic acids is 1. The highest BCUT2D eigenvalue weighted by Crippen LogP contribution is 2.32. The van der Waals surface area contributed by atoms with Gasteiger partial charge in [-0.25, -0.2) is 9.97 Å². The van der Waals surface area contributed by atoms with Gasteiger partial charge in [-0.15, -0.1) is 12.4 Å². The molecule has 1 aliphatic heterocycles. The van der Waals surface area contributed by atoms with Gasteiger partial charge in [0.1, 0.15) is 5.75 Å². The highest BCUT2D eigenvalue weighted by Gasteiger charge is 2.20. The van der Waals surface area contributed by atoms with E-state index in [4.69, 9.17) is 4.98 Å². The summed E-state index contributed by atoms with van der Waals surface area (Å²) >= 11 is 0. The Hall–Kier alpha value is -3.16. The maximum absolute atomic E-state index is 12.6.